The monoisotopic (exact) mass is 424 g/mol. The van der Waals surface area contributed by atoms with Crippen LogP contribution in [0.15, 0.2) is 65.8 Å². The Morgan fingerprint density at radius 3 is 2.42 bits per heavy atom. The average Bonchev–Trinajstić information content (AvgIpc) is 3.30. The molecule has 1 aromatic carbocycles. The summed E-state index contributed by atoms with van der Waals surface area (Å²) in [6.45, 7) is 7.34. The molecular formula is C26H36N2O3. The van der Waals surface area contributed by atoms with E-state index in [0.717, 1.165) is 31.4 Å². The number of carbonyl (C=O) groups excluding carboxylic acids is 2. The minimum absolute atomic E-state index is 0.0192. The van der Waals surface area contributed by atoms with Gasteiger partial charge in [0.25, 0.3) is 0 Å². The summed E-state index contributed by atoms with van der Waals surface area (Å²) >= 11 is 0. The molecule has 0 saturated heterocycles. The molecule has 0 radical (unpaired) electrons. The zero-order chi connectivity index (χ0) is 22.3. The van der Waals surface area contributed by atoms with Crippen LogP contribution < -0.4 is 0 Å². The fourth-order valence-corrected chi connectivity index (χ4v) is 3.50. The fraction of sp³-hybridized carbons (Fsp3) is 0.462. The number of benzene rings is 1. The first-order valence-corrected chi connectivity index (χ1v) is 11.4. The lowest BCUT2D eigenvalue weighted by molar-refractivity contribution is -0.140. The summed E-state index contributed by atoms with van der Waals surface area (Å²) in [5.41, 5.74) is 1.17. The second-order valence-electron chi connectivity index (χ2n) is 7.86. The van der Waals surface area contributed by atoms with Crippen molar-refractivity contribution in [3.05, 3.63) is 72.7 Å². The van der Waals surface area contributed by atoms with Gasteiger partial charge < -0.3 is 14.2 Å². The molecule has 0 fully saturated rings. The van der Waals surface area contributed by atoms with Gasteiger partial charge >= 0.3 is 0 Å². The second kappa shape index (κ2) is 14.2. The summed E-state index contributed by atoms with van der Waals surface area (Å²) in [7, 11) is 0. The minimum atomic E-state index is -0.0754. The maximum Gasteiger partial charge on any atom is 0.242 e. The number of unbranched alkanes of at least 4 members (excludes halogenated alkanes) is 4. The van der Waals surface area contributed by atoms with Gasteiger partial charge in [0.2, 0.25) is 11.8 Å². The maximum absolute atomic E-state index is 13.2. The molecule has 0 aliphatic carbocycles. The van der Waals surface area contributed by atoms with Crippen LogP contribution in [-0.2, 0) is 22.6 Å². The van der Waals surface area contributed by atoms with Crippen LogP contribution in [0.4, 0.5) is 0 Å². The van der Waals surface area contributed by atoms with Crippen molar-refractivity contribution in [2.45, 2.75) is 58.4 Å². The molecule has 0 saturated carbocycles. The van der Waals surface area contributed by atoms with Crippen molar-refractivity contribution in [3.8, 4) is 0 Å². The predicted molar refractivity (Wildman–Crippen MR) is 124 cm³/mol. The first-order chi connectivity index (χ1) is 15.1. The minimum Gasteiger partial charge on any atom is -0.467 e. The molecule has 0 spiro atoms. The van der Waals surface area contributed by atoms with E-state index < -0.39 is 0 Å². The van der Waals surface area contributed by atoms with E-state index in [1.807, 2.05) is 30.3 Å². The third-order valence-corrected chi connectivity index (χ3v) is 5.32. The summed E-state index contributed by atoms with van der Waals surface area (Å²) in [4.78, 5) is 29.3. The molecule has 2 rings (SSSR count). The number of carbonyl (C=O) groups is 2. The summed E-state index contributed by atoms with van der Waals surface area (Å²) < 4.78 is 5.46. The largest absolute Gasteiger partial charge is 0.467 e. The fourth-order valence-electron chi connectivity index (χ4n) is 3.50. The summed E-state index contributed by atoms with van der Waals surface area (Å²) in [6, 6.07) is 13.8. The average molecular weight is 425 g/mol. The van der Waals surface area contributed by atoms with Gasteiger partial charge in [-0.2, -0.15) is 0 Å². The molecule has 0 unspecified atom stereocenters. The van der Waals surface area contributed by atoms with Crippen molar-refractivity contribution in [2.24, 2.45) is 0 Å². The first-order valence-electron chi connectivity index (χ1n) is 11.4. The Morgan fingerprint density at radius 1 is 0.968 bits per heavy atom. The van der Waals surface area contributed by atoms with Crippen molar-refractivity contribution < 1.29 is 14.0 Å². The molecule has 1 heterocycles. The van der Waals surface area contributed by atoms with Gasteiger partial charge in [-0.15, -0.1) is 6.58 Å². The van der Waals surface area contributed by atoms with Crippen LogP contribution in [0.25, 0.3) is 0 Å². The molecule has 168 valence electrons. The van der Waals surface area contributed by atoms with Gasteiger partial charge in [0.1, 0.15) is 12.3 Å². The van der Waals surface area contributed by atoms with Crippen LogP contribution in [0, 0.1) is 0 Å². The molecular weight excluding hydrogens is 388 g/mol. The smallest absolute Gasteiger partial charge is 0.242 e. The Bertz CT molecular complexity index is 771. The summed E-state index contributed by atoms with van der Waals surface area (Å²) in [6.07, 6.45) is 9.98. The van der Waals surface area contributed by atoms with Crippen LogP contribution >= 0.6 is 0 Å². The Balaban J connectivity index is 1.97. The van der Waals surface area contributed by atoms with Crippen molar-refractivity contribution in [1.29, 1.82) is 0 Å². The highest BCUT2D eigenvalue weighted by Crippen LogP contribution is 2.11. The molecule has 0 atom stereocenters. The number of furan rings is 1. The van der Waals surface area contributed by atoms with E-state index in [9.17, 15) is 9.59 Å². The van der Waals surface area contributed by atoms with Crippen molar-refractivity contribution >= 4 is 11.8 Å². The van der Waals surface area contributed by atoms with Gasteiger partial charge in [-0.1, -0.05) is 69.0 Å². The zero-order valence-electron chi connectivity index (χ0n) is 18.8. The molecule has 0 aliphatic rings. The van der Waals surface area contributed by atoms with E-state index >= 15 is 0 Å². The van der Waals surface area contributed by atoms with E-state index in [2.05, 4.69) is 25.6 Å². The second-order valence-corrected chi connectivity index (χ2v) is 7.86. The van der Waals surface area contributed by atoms with Gasteiger partial charge in [-0.05, 0) is 30.5 Å². The Morgan fingerprint density at radius 2 is 1.74 bits per heavy atom. The third-order valence-electron chi connectivity index (χ3n) is 5.32. The van der Waals surface area contributed by atoms with Gasteiger partial charge in [0.05, 0.1) is 12.8 Å². The van der Waals surface area contributed by atoms with Gasteiger partial charge in [0.15, 0.2) is 0 Å². The quantitative estimate of drug-likeness (QED) is 0.291. The molecule has 0 aliphatic heterocycles. The maximum atomic E-state index is 13.2. The van der Waals surface area contributed by atoms with Crippen LogP contribution in [0.5, 0.6) is 0 Å². The van der Waals surface area contributed by atoms with Crippen molar-refractivity contribution in [2.75, 3.05) is 19.6 Å². The van der Waals surface area contributed by atoms with Gasteiger partial charge in [-0.25, -0.2) is 0 Å². The SMILES string of the molecule is C=CCN(CC(=O)N(CCc1ccccc1)Cc1ccco1)C(=O)CCCCCCC. The zero-order valence-corrected chi connectivity index (χ0v) is 18.8. The van der Waals surface area contributed by atoms with Crippen LogP contribution in [-0.4, -0.2) is 41.2 Å². The molecule has 31 heavy (non-hydrogen) atoms. The van der Waals surface area contributed by atoms with E-state index in [-0.39, 0.29) is 18.4 Å². The molecule has 0 bridgehead atoms. The first kappa shape index (κ1) is 24.4. The van der Waals surface area contributed by atoms with E-state index in [0.29, 0.717) is 26.1 Å². The summed E-state index contributed by atoms with van der Waals surface area (Å²) in [5, 5.41) is 0. The highest BCUT2D eigenvalue weighted by atomic mass is 16.3. The number of rotatable bonds is 15. The Labute approximate surface area is 186 Å². The third kappa shape index (κ3) is 9.24. The highest BCUT2D eigenvalue weighted by Gasteiger charge is 2.21. The lowest BCUT2D eigenvalue weighted by Crippen LogP contribution is -2.43. The normalized spacial score (nSPS) is 10.6. The lowest BCUT2D eigenvalue weighted by atomic mass is 10.1. The Hall–Kier alpha value is -2.82. The van der Waals surface area contributed by atoms with E-state index in [4.69, 9.17) is 4.42 Å². The van der Waals surface area contributed by atoms with Gasteiger partial charge in [0, 0.05) is 19.5 Å². The number of hydrogen-bond acceptors (Lipinski definition) is 3. The number of amides is 2. The summed E-state index contributed by atoms with van der Waals surface area (Å²) in [5.74, 6) is 0.679. The molecule has 5 nitrogen and oxygen atoms in total. The highest BCUT2D eigenvalue weighted by molar-refractivity contribution is 5.85. The van der Waals surface area contributed by atoms with Crippen LogP contribution in [0.2, 0.25) is 0 Å². The van der Waals surface area contributed by atoms with E-state index in [1.54, 1.807) is 22.1 Å². The standard InChI is InChI=1S/C26H36N2O3/c1-3-5-6-7-11-16-25(29)27(18-4-2)22-26(30)28(21-24-15-12-20-31-24)19-17-23-13-9-8-10-14-23/h4,8-10,12-15,20H,2-3,5-7,11,16-19,21-22H2,1H3. The topological polar surface area (TPSA) is 53.8 Å². The number of hydrogen-bond donors (Lipinski definition) is 0. The molecule has 0 N–H and O–H groups in total. The van der Waals surface area contributed by atoms with Crippen molar-refractivity contribution in [1.82, 2.24) is 9.80 Å². The van der Waals surface area contributed by atoms with E-state index in [1.165, 1.54) is 18.4 Å². The van der Waals surface area contributed by atoms with Crippen LogP contribution in [0.3, 0.4) is 0 Å². The molecule has 2 aromatic rings. The van der Waals surface area contributed by atoms with Crippen molar-refractivity contribution in [3.63, 3.8) is 0 Å². The predicted octanol–water partition coefficient (Wildman–Crippen LogP) is 5.23. The van der Waals surface area contributed by atoms with Crippen LogP contribution in [0.1, 0.15) is 56.8 Å². The molecule has 1 aromatic heterocycles. The molecule has 5 heteroatoms. The lowest BCUT2D eigenvalue weighted by Gasteiger charge is -2.27. The Kier molecular flexibility index (Phi) is 11.2. The van der Waals surface area contributed by atoms with Gasteiger partial charge in [-0.3, -0.25) is 9.59 Å². The number of nitrogens with zero attached hydrogens (tertiary/aromatic N) is 2. The molecule has 2 amide bonds.